The van der Waals surface area contributed by atoms with Crippen LogP contribution in [-0.4, -0.2) is 23.3 Å². The van der Waals surface area contributed by atoms with Gasteiger partial charge in [0.1, 0.15) is 0 Å². The molecule has 1 rings (SSSR count). The van der Waals surface area contributed by atoms with Crippen LogP contribution in [0, 0.1) is 5.92 Å². The second-order valence-electron chi connectivity index (χ2n) is 4.62. The predicted octanol–water partition coefficient (Wildman–Crippen LogP) is 2.76. The molecule has 2 N–H and O–H groups in total. The summed E-state index contributed by atoms with van der Waals surface area (Å²) in [4.78, 5) is 0. The fraction of sp³-hybridized carbons (Fsp3) is 0.769. The first-order valence-electron chi connectivity index (χ1n) is 6.52. The zero-order valence-electron chi connectivity index (χ0n) is 10.6. The minimum absolute atomic E-state index is 0.735. The Hall–Kier alpha value is -0.830. The third-order valence-electron chi connectivity index (χ3n) is 2.90. The number of unbranched alkanes of at least 4 members (excludes halogenated alkanes) is 2. The highest BCUT2D eigenvalue weighted by atomic mass is 15.1. The summed E-state index contributed by atoms with van der Waals surface area (Å²) in [5, 5.41) is 10.5. The third kappa shape index (κ3) is 5.91. The number of aromatic nitrogens is 2. The summed E-state index contributed by atoms with van der Waals surface area (Å²) in [7, 11) is 0. The van der Waals surface area contributed by atoms with Crippen LogP contribution in [0.25, 0.3) is 0 Å². The van der Waals surface area contributed by atoms with Gasteiger partial charge >= 0.3 is 0 Å². The fourth-order valence-corrected chi connectivity index (χ4v) is 1.77. The number of nitrogens with zero attached hydrogens (tertiary/aromatic N) is 1. The Morgan fingerprint density at radius 3 is 3.00 bits per heavy atom. The highest BCUT2D eigenvalue weighted by Crippen LogP contribution is 2.06. The minimum Gasteiger partial charge on any atom is -0.316 e. The van der Waals surface area contributed by atoms with E-state index in [1.807, 2.05) is 6.20 Å². The highest BCUT2D eigenvalue weighted by molar-refractivity contribution is 4.97. The monoisotopic (exact) mass is 223 g/mol. The predicted molar refractivity (Wildman–Crippen MR) is 68.5 cm³/mol. The first-order valence-corrected chi connectivity index (χ1v) is 6.52. The van der Waals surface area contributed by atoms with Crippen molar-refractivity contribution >= 4 is 0 Å². The number of hydrogen-bond acceptors (Lipinski definition) is 2. The van der Waals surface area contributed by atoms with Crippen LogP contribution >= 0.6 is 0 Å². The van der Waals surface area contributed by atoms with Gasteiger partial charge < -0.3 is 5.32 Å². The molecule has 1 aromatic heterocycles. The topological polar surface area (TPSA) is 40.7 Å². The van der Waals surface area contributed by atoms with E-state index in [9.17, 15) is 0 Å². The van der Waals surface area contributed by atoms with Crippen molar-refractivity contribution in [2.24, 2.45) is 5.92 Å². The molecule has 0 saturated carbocycles. The van der Waals surface area contributed by atoms with Crippen molar-refractivity contribution in [3.05, 3.63) is 18.0 Å². The maximum atomic E-state index is 4.16. The zero-order chi connectivity index (χ0) is 11.6. The zero-order valence-corrected chi connectivity index (χ0v) is 10.6. The van der Waals surface area contributed by atoms with Crippen LogP contribution in [-0.2, 0) is 6.42 Å². The lowest BCUT2D eigenvalue weighted by Gasteiger charge is -2.11. The molecule has 0 aliphatic heterocycles. The third-order valence-corrected chi connectivity index (χ3v) is 2.90. The Kier molecular flexibility index (Phi) is 6.90. The molecule has 0 bridgehead atoms. The van der Waals surface area contributed by atoms with Gasteiger partial charge in [0.2, 0.25) is 0 Å². The number of hydrogen-bond donors (Lipinski definition) is 2. The Labute approximate surface area is 99.0 Å². The molecule has 1 heterocycles. The van der Waals surface area contributed by atoms with E-state index in [1.165, 1.54) is 37.9 Å². The van der Waals surface area contributed by atoms with Crippen LogP contribution in [0.5, 0.6) is 0 Å². The molecule has 0 aliphatic rings. The summed E-state index contributed by atoms with van der Waals surface area (Å²) < 4.78 is 0. The largest absolute Gasteiger partial charge is 0.316 e. The second-order valence-corrected chi connectivity index (χ2v) is 4.62. The van der Waals surface area contributed by atoms with Crippen LogP contribution in [0.1, 0.15) is 45.2 Å². The second kappa shape index (κ2) is 8.34. The molecule has 16 heavy (non-hydrogen) atoms. The Morgan fingerprint density at radius 2 is 2.31 bits per heavy atom. The lowest BCUT2D eigenvalue weighted by Crippen LogP contribution is -2.22. The number of rotatable bonds is 9. The van der Waals surface area contributed by atoms with Crippen molar-refractivity contribution in [1.29, 1.82) is 0 Å². The fourth-order valence-electron chi connectivity index (χ4n) is 1.77. The maximum absolute atomic E-state index is 4.16. The molecule has 0 saturated heterocycles. The van der Waals surface area contributed by atoms with Gasteiger partial charge in [-0.15, -0.1) is 0 Å². The van der Waals surface area contributed by atoms with Crippen LogP contribution in [0.15, 0.2) is 12.3 Å². The molecule has 3 heteroatoms. The van der Waals surface area contributed by atoms with E-state index in [0.29, 0.717) is 0 Å². The van der Waals surface area contributed by atoms with Crippen LogP contribution in [0.4, 0.5) is 0 Å². The smallest absolute Gasteiger partial charge is 0.0622 e. The van der Waals surface area contributed by atoms with Crippen molar-refractivity contribution in [2.45, 2.75) is 46.0 Å². The van der Waals surface area contributed by atoms with Gasteiger partial charge in [0.25, 0.3) is 0 Å². The SMILES string of the molecule is CCCCCNCC(C)CCc1cc[nH]n1. The molecule has 3 nitrogen and oxygen atoms in total. The Morgan fingerprint density at radius 1 is 1.44 bits per heavy atom. The molecule has 0 aromatic carbocycles. The molecular formula is C13H25N3. The maximum Gasteiger partial charge on any atom is 0.0622 e. The summed E-state index contributed by atoms with van der Waals surface area (Å²) in [6.07, 6.45) is 8.14. The van der Waals surface area contributed by atoms with Gasteiger partial charge in [-0.1, -0.05) is 26.7 Å². The number of aryl methyl sites for hydroxylation is 1. The van der Waals surface area contributed by atoms with E-state index in [2.05, 4.69) is 35.4 Å². The molecule has 0 radical (unpaired) electrons. The van der Waals surface area contributed by atoms with Crippen molar-refractivity contribution in [1.82, 2.24) is 15.5 Å². The van der Waals surface area contributed by atoms with Gasteiger partial charge in [0, 0.05) is 6.20 Å². The molecule has 0 fully saturated rings. The molecular weight excluding hydrogens is 198 g/mol. The van der Waals surface area contributed by atoms with Gasteiger partial charge in [-0.05, 0) is 44.3 Å². The summed E-state index contributed by atoms with van der Waals surface area (Å²) in [5.41, 5.74) is 1.18. The molecule has 1 unspecified atom stereocenters. The quantitative estimate of drug-likeness (QED) is 0.632. The van der Waals surface area contributed by atoms with E-state index >= 15 is 0 Å². The van der Waals surface area contributed by atoms with Crippen molar-refractivity contribution in [3.63, 3.8) is 0 Å². The average molecular weight is 223 g/mol. The summed E-state index contributed by atoms with van der Waals surface area (Å²) in [6, 6.07) is 2.06. The number of H-pyrrole nitrogens is 1. The van der Waals surface area contributed by atoms with Crippen LogP contribution in [0.2, 0.25) is 0 Å². The Bertz CT molecular complexity index is 244. The van der Waals surface area contributed by atoms with Crippen molar-refractivity contribution in [2.75, 3.05) is 13.1 Å². The lowest BCUT2D eigenvalue weighted by atomic mass is 10.0. The standard InChI is InChI=1S/C13H25N3/c1-3-4-5-9-14-11-12(2)6-7-13-8-10-15-16-13/h8,10,12,14H,3-7,9,11H2,1-2H3,(H,15,16). The molecule has 0 aliphatic carbocycles. The number of aromatic amines is 1. The van der Waals surface area contributed by atoms with Gasteiger partial charge in [-0.2, -0.15) is 5.10 Å². The minimum atomic E-state index is 0.735. The Balaban J connectivity index is 1.96. The molecule has 0 amide bonds. The number of nitrogens with one attached hydrogen (secondary N) is 2. The summed E-state index contributed by atoms with van der Waals surface area (Å²) >= 11 is 0. The first kappa shape index (κ1) is 13.2. The van der Waals surface area contributed by atoms with Gasteiger partial charge in [-0.3, -0.25) is 5.10 Å². The first-order chi connectivity index (χ1) is 7.83. The molecule has 92 valence electrons. The normalized spacial score (nSPS) is 12.9. The summed E-state index contributed by atoms with van der Waals surface area (Å²) in [5.74, 6) is 0.735. The molecule has 0 spiro atoms. The lowest BCUT2D eigenvalue weighted by molar-refractivity contribution is 0.472. The molecule has 1 atom stereocenters. The van der Waals surface area contributed by atoms with E-state index in [1.54, 1.807) is 0 Å². The molecule has 1 aromatic rings. The van der Waals surface area contributed by atoms with E-state index in [-0.39, 0.29) is 0 Å². The highest BCUT2D eigenvalue weighted by Gasteiger charge is 2.03. The van der Waals surface area contributed by atoms with Gasteiger partial charge in [0.15, 0.2) is 0 Å². The van der Waals surface area contributed by atoms with Crippen molar-refractivity contribution < 1.29 is 0 Å². The van der Waals surface area contributed by atoms with Crippen LogP contribution < -0.4 is 5.32 Å². The van der Waals surface area contributed by atoms with Gasteiger partial charge in [0.05, 0.1) is 5.69 Å². The van der Waals surface area contributed by atoms with E-state index in [0.717, 1.165) is 18.9 Å². The van der Waals surface area contributed by atoms with Gasteiger partial charge in [-0.25, -0.2) is 0 Å². The van der Waals surface area contributed by atoms with Crippen molar-refractivity contribution in [3.8, 4) is 0 Å². The summed E-state index contributed by atoms with van der Waals surface area (Å²) in [6.45, 7) is 6.85. The van der Waals surface area contributed by atoms with Crippen LogP contribution in [0.3, 0.4) is 0 Å². The van der Waals surface area contributed by atoms with E-state index in [4.69, 9.17) is 0 Å². The van der Waals surface area contributed by atoms with E-state index < -0.39 is 0 Å². The average Bonchev–Trinajstić information content (AvgIpc) is 2.79.